The Morgan fingerprint density at radius 1 is 1.19 bits per heavy atom. The molecule has 112 valence electrons. The van der Waals surface area contributed by atoms with E-state index in [-0.39, 0.29) is 0 Å². The second-order valence-corrected chi connectivity index (χ2v) is 5.63. The van der Waals surface area contributed by atoms with Crippen molar-refractivity contribution in [1.82, 2.24) is 0 Å². The van der Waals surface area contributed by atoms with Crippen LogP contribution in [-0.2, 0) is 4.84 Å². The van der Waals surface area contributed by atoms with E-state index < -0.39 is 0 Å². The molecule has 1 heterocycles. The van der Waals surface area contributed by atoms with Crippen LogP contribution >= 0.6 is 11.3 Å². The van der Waals surface area contributed by atoms with Gasteiger partial charge in [0.25, 0.3) is 0 Å². The summed E-state index contributed by atoms with van der Waals surface area (Å²) in [6.45, 7) is 5.20. The standard InChI is InChI=1S/C16H20N2O2S/c1-12-8-13(2)10-15(9-12)19-5-3-6-20-18-16(17)14-4-7-21-11-14/h4,7-11H,3,5-6H2,1-2H3,(H2,17,18). The van der Waals surface area contributed by atoms with Crippen LogP contribution in [0.4, 0.5) is 0 Å². The number of ether oxygens (including phenoxy) is 1. The smallest absolute Gasteiger partial charge is 0.171 e. The molecule has 0 amide bonds. The van der Waals surface area contributed by atoms with E-state index in [1.54, 1.807) is 11.3 Å². The van der Waals surface area contributed by atoms with Crippen LogP contribution in [-0.4, -0.2) is 19.0 Å². The molecule has 2 aromatic rings. The van der Waals surface area contributed by atoms with Crippen molar-refractivity contribution in [2.24, 2.45) is 10.9 Å². The number of amidine groups is 1. The van der Waals surface area contributed by atoms with Crippen molar-refractivity contribution in [3.63, 3.8) is 0 Å². The molecule has 0 fully saturated rings. The number of benzene rings is 1. The topological polar surface area (TPSA) is 56.8 Å². The van der Waals surface area contributed by atoms with Crippen LogP contribution in [0.1, 0.15) is 23.1 Å². The van der Waals surface area contributed by atoms with E-state index >= 15 is 0 Å². The minimum absolute atomic E-state index is 0.409. The molecular weight excluding hydrogens is 284 g/mol. The fourth-order valence-corrected chi connectivity index (χ4v) is 2.56. The van der Waals surface area contributed by atoms with Crippen LogP contribution in [0.5, 0.6) is 5.75 Å². The normalized spacial score (nSPS) is 11.4. The lowest BCUT2D eigenvalue weighted by atomic mass is 10.1. The summed E-state index contributed by atoms with van der Waals surface area (Å²) in [5.74, 6) is 1.31. The van der Waals surface area contributed by atoms with E-state index in [0.29, 0.717) is 19.0 Å². The van der Waals surface area contributed by atoms with Crippen LogP contribution in [0.2, 0.25) is 0 Å². The summed E-state index contributed by atoms with van der Waals surface area (Å²) in [6, 6.07) is 8.09. The Bertz CT molecular complexity index is 574. The van der Waals surface area contributed by atoms with Crippen molar-refractivity contribution in [1.29, 1.82) is 0 Å². The molecular formula is C16H20N2O2S. The van der Waals surface area contributed by atoms with Gasteiger partial charge in [-0.3, -0.25) is 0 Å². The first-order valence-electron chi connectivity index (χ1n) is 6.84. The second kappa shape index (κ2) is 7.69. The molecule has 4 nitrogen and oxygen atoms in total. The average molecular weight is 304 g/mol. The number of thiophene rings is 1. The van der Waals surface area contributed by atoms with Crippen LogP contribution in [0.15, 0.2) is 40.2 Å². The van der Waals surface area contributed by atoms with Gasteiger partial charge in [-0.1, -0.05) is 11.2 Å². The molecule has 0 radical (unpaired) electrons. The third-order valence-electron chi connectivity index (χ3n) is 2.82. The van der Waals surface area contributed by atoms with Crippen molar-refractivity contribution in [2.75, 3.05) is 13.2 Å². The number of oxime groups is 1. The molecule has 21 heavy (non-hydrogen) atoms. The van der Waals surface area contributed by atoms with E-state index in [1.807, 2.05) is 29.0 Å². The lowest BCUT2D eigenvalue weighted by Crippen LogP contribution is -2.13. The van der Waals surface area contributed by atoms with Crippen LogP contribution in [0.3, 0.4) is 0 Å². The molecule has 0 atom stereocenters. The van der Waals surface area contributed by atoms with E-state index in [4.69, 9.17) is 15.3 Å². The van der Waals surface area contributed by atoms with Gasteiger partial charge in [0.2, 0.25) is 0 Å². The number of hydrogen-bond donors (Lipinski definition) is 1. The molecule has 0 spiro atoms. The number of aryl methyl sites for hydroxylation is 2. The fourth-order valence-electron chi connectivity index (χ4n) is 1.91. The second-order valence-electron chi connectivity index (χ2n) is 4.85. The molecule has 2 rings (SSSR count). The number of rotatable bonds is 7. The van der Waals surface area contributed by atoms with Gasteiger partial charge in [0.15, 0.2) is 5.84 Å². The van der Waals surface area contributed by atoms with Gasteiger partial charge in [-0.05, 0) is 48.6 Å². The predicted molar refractivity (Wildman–Crippen MR) is 87.0 cm³/mol. The first-order chi connectivity index (χ1) is 10.1. The summed E-state index contributed by atoms with van der Waals surface area (Å²) in [5, 5.41) is 7.77. The monoisotopic (exact) mass is 304 g/mol. The van der Waals surface area contributed by atoms with E-state index in [2.05, 4.69) is 25.1 Å². The van der Waals surface area contributed by atoms with E-state index in [9.17, 15) is 0 Å². The molecule has 1 aromatic carbocycles. The quantitative estimate of drug-likeness (QED) is 0.369. The Labute approximate surface area is 129 Å². The molecule has 0 aliphatic rings. The molecule has 0 bridgehead atoms. The van der Waals surface area contributed by atoms with Gasteiger partial charge >= 0.3 is 0 Å². The van der Waals surface area contributed by atoms with Crippen LogP contribution < -0.4 is 10.5 Å². The highest BCUT2D eigenvalue weighted by molar-refractivity contribution is 7.08. The molecule has 1 aromatic heterocycles. The maximum Gasteiger partial charge on any atom is 0.171 e. The number of hydrogen-bond acceptors (Lipinski definition) is 4. The van der Waals surface area contributed by atoms with Gasteiger partial charge in [0.1, 0.15) is 12.4 Å². The fraction of sp³-hybridized carbons (Fsp3) is 0.312. The van der Waals surface area contributed by atoms with Crippen LogP contribution in [0, 0.1) is 13.8 Å². The van der Waals surface area contributed by atoms with Gasteiger partial charge in [0, 0.05) is 17.4 Å². The summed E-state index contributed by atoms with van der Waals surface area (Å²) in [6.07, 6.45) is 0.757. The maximum atomic E-state index is 5.78. The van der Waals surface area contributed by atoms with Crippen molar-refractivity contribution >= 4 is 17.2 Å². The molecule has 0 aliphatic heterocycles. The molecule has 0 saturated carbocycles. The zero-order valence-corrected chi connectivity index (χ0v) is 13.2. The summed E-state index contributed by atoms with van der Waals surface area (Å²) in [5.41, 5.74) is 9.08. The highest BCUT2D eigenvalue weighted by atomic mass is 32.1. The van der Waals surface area contributed by atoms with Crippen molar-refractivity contribution in [3.05, 3.63) is 51.7 Å². The van der Waals surface area contributed by atoms with Gasteiger partial charge in [-0.25, -0.2) is 0 Å². The Morgan fingerprint density at radius 2 is 1.95 bits per heavy atom. The summed E-state index contributed by atoms with van der Waals surface area (Å²) in [7, 11) is 0. The van der Waals surface area contributed by atoms with Crippen molar-refractivity contribution < 1.29 is 9.57 Å². The van der Waals surface area contributed by atoms with Gasteiger partial charge in [0.05, 0.1) is 6.61 Å². The van der Waals surface area contributed by atoms with Crippen LogP contribution in [0.25, 0.3) is 0 Å². The molecule has 0 aliphatic carbocycles. The third kappa shape index (κ3) is 5.11. The first kappa shape index (κ1) is 15.4. The average Bonchev–Trinajstić information content (AvgIpc) is 2.95. The summed E-state index contributed by atoms with van der Waals surface area (Å²) in [4.78, 5) is 5.19. The number of nitrogens with zero attached hydrogens (tertiary/aromatic N) is 1. The Hall–Kier alpha value is -2.01. The van der Waals surface area contributed by atoms with Gasteiger partial charge in [-0.2, -0.15) is 11.3 Å². The highest BCUT2D eigenvalue weighted by Crippen LogP contribution is 2.16. The molecule has 0 unspecified atom stereocenters. The van der Waals surface area contributed by atoms with Gasteiger partial charge in [-0.15, -0.1) is 0 Å². The Kier molecular flexibility index (Phi) is 5.63. The number of nitrogens with two attached hydrogens (primary N) is 1. The lowest BCUT2D eigenvalue weighted by molar-refractivity contribution is 0.127. The summed E-state index contributed by atoms with van der Waals surface area (Å²) < 4.78 is 5.69. The Morgan fingerprint density at radius 3 is 2.62 bits per heavy atom. The molecule has 5 heteroatoms. The highest BCUT2D eigenvalue weighted by Gasteiger charge is 1.99. The minimum Gasteiger partial charge on any atom is -0.493 e. The largest absolute Gasteiger partial charge is 0.493 e. The third-order valence-corrected chi connectivity index (χ3v) is 3.51. The molecule has 0 saturated heterocycles. The Balaban J connectivity index is 1.67. The predicted octanol–water partition coefficient (Wildman–Crippen LogP) is 3.47. The van der Waals surface area contributed by atoms with Crippen molar-refractivity contribution in [2.45, 2.75) is 20.3 Å². The van der Waals surface area contributed by atoms with E-state index in [1.165, 1.54) is 11.1 Å². The van der Waals surface area contributed by atoms with E-state index in [0.717, 1.165) is 17.7 Å². The van der Waals surface area contributed by atoms with Crippen molar-refractivity contribution in [3.8, 4) is 5.75 Å². The lowest BCUT2D eigenvalue weighted by Gasteiger charge is -2.07. The zero-order valence-electron chi connectivity index (χ0n) is 12.3. The zero-order chi connectivity index (χ0) is 15.1. The molecule has 2 N–H and O–H groups in total. The summed E-state index contributed by atoms with van der Waals surface area (Å²) >= 11 is 1.58. The van der Waals surface area contributed by atoms with Gasteiger partial charge < -0.3 is 15.3 Å². The first-order valence-corrected chi connectivity index (χ1v) is 7.78. The minimum atomic E-state index is 0.409. The SMILES string of the molecule is Cc1cc(C)cc(OCCCO/N=C(/N)c2ccsc2)c1. The maximum absolute atomic E-state index is 5.78.